The third-order valence-corrected chi connectivity index (χ3v) is 5.83. The Morgan fingerprint density at radius 2 is 1.38 bits per heavy atom. The first-order valence-electron chi connectivity index (χ1n) is 10.6. The Labute approximate surface area is 171 Å². The van der Waals surface area contributed by atoms with Crippen molar-refractivity contribution in [3.8, 4) is 0 Å². The van der Waals surface area contributed by atoms with Gasteiger partial charge >= 0.3 is 0 Å². The molecule has 2 fully saturated rings. The van der Waals surface area contributed by atoms with E-state index in [0.29, 0.717) is 5.56 Å². The first-order valence-corrected chi connectivity index (χ1v) is 10.6. The molecule has 0 radical (unpaired) electrons. The molecular weight excluding hydrogens is 369 g/mol. The first kappa shape index (κ1) is 19.6. The van der Waals surface area contributed by atoms with Crippen LogP contribution in [0.25, 0.3) is 0 Å². The molecule has 7 heteroatoms. The minimum absolute atomic E-state index is 0.119. The van der Waals surface area contributed by atoms with Gasteiger partial charge in [0.25, 0.3) is 5.91 Å². The number of aromatic nitrogens is 2. The van der Waals surface area contributed by atoms with Gasteiger partial charge in [0, 0.05) is 37.8 Å². The molecule has 0 atom stereocenters. The topological polar surface area (TPSA) is 61.4 Å². The van der Waals surface area contributed by atoms with Gasteiger partial charge in [-0.15, -0.1) is 10.2 Å². The molecule has 1 N–H and O–H groups in total. The van der Waals surface area contributed by atoms with Crippen LogP contribution in [0.1, 0.15) is 48.9 Å². The molecule has 3 heterocycles. The van der Waals surface area contributed by atoms with Crippen LogP contribution < -0.4 is 15.1 Å². The average Bonchev–Trinajstić information content (AvgIpc) is 3.04. The molecule has 0 aliphatic carbocycles. The molecular formula is C22H28FN5O. The Balaban J connectivity index is 1.29. The Morgan fingerprint density at radius 3 is 1.93 bits per heavy atom. The Morgan fingerprint density at radius 1 is 0.828 bits per heavy atom. The second-order valence-electron chi connectivity index (χ2n) is 7.89. The highest BCUT2D eigenvalue weighted by Gasteiger charge is 2.22. The van der Waals surface area contributed by atoms with E-state index in [4.69, 9.17) is 0 Å². The largest absolute Gasteiger partial charge is 0.355 e. The third-order valence-electron chi connectivity index (χ3n) is 5.83. The molecule has 29 heavy (non-hydrogen) atoms. The maximum atomic E-state index is 13.0. The number of halogens is 1. The zero-order valence-electron chi connectivity index (χ0n) is 16.7. The molecule has 2 aromatic rings. The van der Waals surface area contributed by atoms with Crippen molar-refractivity contribution in [3.63, 3.8) is 0 Å². The van der Waals surface area contributed by atoms with Gasteiger partial charge in [-0.25, -0.2) is 4.39 Å². The average molecular weight is 397 g/mol. The molecule has 2 aliphatic rings. The van der Waals surface area contributed by atoms with Gasteiger partial charge in [-0.1, -0.05) is 12.8 Å². The highest BCUT2D eigenvalue weighted by atomic mass is 19.1. The van der Waals surface area contributed by atoms with Gasteiger partial charge in [-0.05, 0) is 62.1 Å². The molecule has 4 rings (SSSR count). The predicted molar refractivity (Wildman–Crippen MR) is 112 cm³/mol. The second kappa shape index (κ2) is 9.20. The fourth-order valence-electron chi connectivity index (χ4n) is 4.08. The van der Waals surface area contributed by atoms with Crippen LogP contribution in [0, 0.1) is 5.82 Å². The summed E-state index contributed by atoms with van der Waals surface area (Å²) in [5.41, 5.74) is 0.490. The Bertz CT molecular complexity index is 795. The minimum atomic E-state index is -0.335. The van der Waals surface area contributed by atoms with Gasteiger partial charge in [0.2, 0.25) is 0 Å². The summed E-state index contributed by atoms with van der Waals surface area (Å²) >= 11 is 0. The van der Waals surface area contributed by atoms with Crippen LogP contribution in [0.3, 0.4) is 0 Å². The van der Waals surface area contributed by atoms with Gasteiger partial charge in [0.05, 0.1) is 0 Å². The Kier molecular flexibility index (Phi) is 6.22. The SMILES string of the molecule is O=C(NC1CCN(c2ccc(N3CCCCCC3)nn2)CC1)c1ccc(F)cc1. The summed E-state index contributed by atoms with van der Waals surface area (Å²) in [6.07, 6.45) is 6.75. The Hall–Kier alpha value is -2.70. The summed E-state index contributed by atoms with van der Waals surface area (Å²) in [6.45, 7) is 3.78. The summed E-state index contributed by atoms with van der Waals surface area (Å²) in [5, 5.41) is 12.0. The molecule has 0 bridgehead atoms. The number of nitrogens with one attached hydrogen (secondary N) is 1. The van der Waals surface area contributed by atoms with E-state index in [1.54, 1.807) is 0 Å². The standard InChI is InChI=1S/C22H28FN5O/c23-18-7-5-17(6-8-18)22(29)24-19-11-15-28(16-12-19)21-10-9-20(25-26-21)27-13-3-1-2-4-14-27/h5-10,19H,1-4,11-16H2,(H,24,29). The number of hydrogen-bond donors (Lipinski definition) is 1. The number of anilines is 2. The van der Waals surface area contributed by atoms with Crippen molar-refractivity contribution < 1.29 is 9.18 Å². The fraction of sp³-hybridized carbons (Fsp3) is 0.500. The molecule has 0 spiro atoms. The maximum Gasteiger partial charge on any atom is 0.251 e. The van der Waals surface area contributed by atoms with Crippen molar-refractivity contribution in [2.24, 2.45) is 0 Å². The number of benzene rings is 1. The number of piperidine rings is 1. The second-order valence-corrected chi connectivity index (χ2v) is 7.89. The van der Waals surface area contributed by atoms with Crippen molar-refractivity contribution in [1.29, 1.82) is 0 Å². The lowest BCUT2D eigenvalue weighted by Crippen LogP contribution is -2.45. The van der Waals surface area contributed by atoms with Gasteiger partial charge < -0.3 is 15.1 Å². The number of rotatable bonds is 4. The van der Waals surface area contributed by atoms with Crippen LogP contribution in [0.15, 0.2) is 36.4 Å². The zero-order valence-corrected chi connectivity index (χ0v) is 16.7. The zero-order chi connectivity index (χ0) is 20.1. The summed E-state index contributed by atoms with van der Waals surface area (Å²) in [5.74, 6) is 1.38. The summed E-state index contributed by atoms with van der Waals surface area (Å²) in [7, 11) is 0. The molecule has 2 aliphatic heterocycles. The molecule has 2 saturated heterocycles. The van der Waals surface area contributed by atoms with E-state index in [-0.39, 0.29) is 17.8 Å². The van der Waals surface area contributed by atoms with Gasteiger partial charge in [-0.2, -0.15) is 0 Å². The molecule has 0 unspecified atom stereocenters. The van der Waals surface area contributed by atoms with Crippen molar-refractivity contribution in [2.45, 2.75) is 44.6 Å². The van der Waals surface area contributed by atoms with Crippen LogP contribution in [0.5, 0.6) is 0 Å². The van der Waals surface area contributed by atoms with Crippen LogP contribution in [-0.4, -0.2) is 48.3 Å². The maximum absolute atomic E-state index is 13.0. The van der Waals surface area contributed by atoms with Crippen LogP contribution in [0.4, 0.5) is 16.0 Å². The predicted octanol–water partition coefficient (Wildman–Crippen LogP) is 3.39. The van der Waals surface area contributed by atoms with Crippen molar-refractivity contribution >= 4 is 17.5 Å². The van der Waals surface area contributed by atoms with Crippen LogP contribution >= 0.6 is 0 Å². The highest BCUT2D eigenvalue weighted by molar-refractivity contribution is 5.94. The lowest BCUT2D eigenvalue weighted by Gasteiger charge is -2.33. The number of hydrogen-bond acceptors (Lipinski definition) is 5. The molecule has 1 aromatic heterocycles. The quantitative estimate of drug-likeness (QED) is 0.857. The van der Waals surface area contributed by atoms with E-state index in [0.717, 1.165) is 50.7 Å². The number of carbonyl (C=O) groups excluding carboxylic acids is 1. The van der Waals surface area contributed by atoms with E-state index >= 15 is 0 Å². The van der Waals surface area contributed by atoms with Gasteiger partial charge in [-0.3, -0.25) is 4.79 Å². The number of carbonyl (C=O) groups is 1. The first-order chi connectivity index (χ1) is 14.2. The van der Waals surface area contributed by atoms with Crippen LogP contribution in [-0.2, 0) is 0 Å². The molecule has 0 saturated carbocycles. The summed E-state index contributed by atoms with van der Waals surface area (Å²) in [4.78, 5) is 16.9. The molecule has 1 amide bonds. The summed E-state index contributed by atoms with van der Waals surface area (Å²) < 4.78 is 13.0. The van der Waals surface area contributed by atoms with Crippen molar-refractivity contribution in [3.05, 3.63) is 47.8 Å². The van der Waals surface area contributed by atoms with Gasteiger partial charge in [0.15, 0.2) is 11.6 Å². The molecule has 154 valence electrons. The monoisotopic (exact) mass is 397 g/mol. The van der Waals surface area contributed by atoms with E-state index in [9.17, 15) is 9.18 Å². The molecule has 1 aromatic carbocycles. The van der Waals surface area contributed by atoms with Crippen molar-refractivity contribution in [2.75, 3.05) is 36.0 Å². The fourth-order valence-corrected chi connectivity index (χ4v) is 4.08. The molecule has 6 nitrogen and oxygen atoms in total. The van der Waals surface area contributed by atoms with Gasteiger partial charge in [0.1, 0.15) is 5.82 Å². The van der Waals surface area contributed by atoms with E-state index in [1.807, 2.05) is 0 Å². The van der Waals surface area contributed by atoms with Crippen LogP contribution in [0.2, 0.25) is 0 Å². The lowest BCUT2D eigenvalue weighted by atomic mass is 10.0. The normalized spacial score (nSPS) is 18.4. The van der Waals surface area contributed by atoms with Crippen molar-refractivity contribution in [1.82, 2.24) is 15.5 Å². The summed E-state index contributed by atoms with van der Waals surface area (Å²) in [6, 6.07) is 9.91. The number of amides is 1. The minimum Gasteiger partial charge on any atom is -0.355 e. The lowest BCUT2D eigenvalue weighted by molar-refractivity contribution is 0.0931. The third kappa shape index (κ3) is 5.02. The van der Waals surface area contributed by atoms with E-state index in [2.05, 4.69) is 37.4 Å². The highest BCUT2D eigenvalue weighted by Crippen LogP contribution is 2.21. The van der Waals surface area contributed by atoms with E-state index < -0.39 is 0 Å². The number of nitrogens with zero attached hydrogens (tertiary/aromatic N) is 4. The smallest absolute Gasteiger partial charge is 0.251 e. The van der Waals surface area contributed by atoms with E-state index in [1.165, 1.54) is 49.9 Å².